The van der Waals surface area contributed by atoms with Crippen LogP contribution >= 0.6 is 11.6 Å². The Labute approximate surface area is 149 Å². The maximum atomic E-state index is 14.2. The molecule has 0 aliphatic heterocycles. The van der Waals surface area contributed by atoms with Crippen molar-refractivity contribution in [1.29, 1.82) is 0 Å². The number of carboxylic acids is 1. The van der Waals surface area contributed by atoms with Crippen LogP contribution < -0.4 is 0 Å². The zero-order chi connectivity index (χ0) is 18.4. The molecule has 1 unspecified atom stereocenters. The third kappa shape index (κ3) is 4.48. The quantitative estimate of drug-likeness (QED) is 0.830. The summed E-state index contributed by atoms with van der Waals surface area (Å²) in [5.41, 5.74) is 0.561. The van der Waals surface area contributed by atoms with Gasteiger partial charge in [-0.3, -0.25) is 4.90 Å². The Hall–Kier alpha value is -2.60. The molecule has 132 valence electrons. The second kappa shape index (κ2) is 8.48. The van der Waals surface area contributed by atoms with Crippen molar-refractivity contribution in [2.24, 2.45) is 0 Å². The molecule has 1 N–H and O–H groups in total. The van der Waals surface area contributed by atoms with Crippen molar-refractivity contribution in [3.05, 3.63) is 70.5 Å². The van der Waals surface area contributed by atoms with Gasteiger partial charge in [0.05, 0.1) is 5.02 Å². The minimum absolute atomic E-state index is 0.0134. The number of hydrogen-bond acceptors (Lipinski definition) is 3. The molecule has 2 aromatic carbocycles. The van der Waals surface area contributed by atoms with Gasteiger partial charge in [-0.2, -0.15) is 0 Å². The number of carbonyl (C=O) groups is 2. The number of amides is 1. The Balaban J connectivity index is 2.23. The molecule has 2 rings (SSSR count). The van der Waals surface area contributed by atoms with E-state index in [0.717, 1.165) is 10.5 Å². The number of rotatable bonds is 6. The highest BCUT2D eigenvalue weighted by Crippen LogP contribution is 2.28. The fourth-order valence-electron chi connectivity index (χ4n) is 2.39. The van der Waals surface area contributed by atoms with Gasteiger partial charge in [-0.15, -0.1) is 0 Å². The summed E-state index contributed by atoms with van der Waals surface area (Å²) in [6, 6.07) is 11.4. The van der Waals surface area contributed by atoms with Crippen molar-refractivity contribution in [2.45, 2.75) is 19.6 Å². The molecule has 0 aliphatic rings. The van der Waals surface area contributed by atoms with Gasteiger partial charge in [0, 0.05) is 12.1 Å². The summed E-state index contributed by atoms with van der Waals surface area (Å²) in [6.07, 6.45) is -0.849. The largest absolute Gasteiger partial charge is 0.479 e. The van der Waals surface area contributed by atoms with Gasteiger partial charge in [-0.1, -0.05) is 54.1 Å². The van der Waals surface area contributed by atoms with Gasteiger partial charge in [0.15, 0.2) is 6.04 Å². The number of carbonyl (C=O) groups excluding carboxylic acids is 1. The zero-order valence-corrected chi connectivity index (χ0v) is 14.2. The Morgan fingerprint density at radius 1 is 1.20 bits per heavy atom. The van der Waals surface area contributed by atoms with E-state index in [1.54, 1.807) is 31.2 Å². The molecule has 0 heterocycles. The molecule has 0 spiro atoms. The predicted molar refractivity (Wildman–Crippen MR) is 90.8 cm³/mol. The highest BCUT2D eigenvalue weighted by atomic mass is 35.5. The molecule has 1 atom stereocenters. The van der Waals surface area contributed by atoms with E-state index in [9.17, 15) is 19.1 Å². The fourth-order valence-corrected chi connectivity index (χ4v) is 2.57. The molecule has 2 aromatic rings. The molecule has 0 aromatic heterocycles. The zero-order valence-electron chi connectivity index (χ0n) is 13.5. The van der Waals surface area contributed by atoms with Crippen LogP contribution in [0.4, 0.5) is 9.18 Å². The van der Waals surface area contributed by atoms with E-state index in [2.05, 4.69) is 0 Å². The van der Waals surface area contributed by atoms with Gasteiger partial charge in [0.2, 0.25) is 0 Å². The SMILES string of the molecule is CCN(C(=O)OCc1ccccc1)C(C(=O)O)c1cccc(Cl)c1F. The summed E-state index contributed by atoms with van der Waals surface area (Å²) in [7, 11) is 0. The molecule has 0 saturated heterocycles. The molecule has 0 bridgehead atoms. The average molecular weight is 366 g/mol. The van der Waals surface area contributed by atoms with Crippen LogP contribution in [0, 0.1) is 5.82 Å². The van der Waals surface area contributed by atoms with Gasteiger partial charge in [0.1, 0.15) is 12.4 Å². The lowest BCUT2D eigenvalue weighted by atomic mass is 10.0. The van der Waals surface area contributed by atoms with E-state index in [-0.39, 0.29) is 23.7 Å². The fraction of sp³-hybridized carbons (Fsp3) is 0.222. The third-order valence-electron chi connectivity index (χ3n) is 3.60. The predicted octanol–water partition coefficient (Wildman–Crippen LogP) is 4.26. The van der Waals surface area contributed by atoms with Crippen LogP contribution in [0.3, 0.4) is 0 Å². The van der Waals surface area contributed by atoms with Crippen molar-refractivity contribution in [1.82, 2.24) is 4.90 Å². The third-order valence-corrected chi connectivity index (χ3v) is 3.89. The molecule has 0 aliphatic carbocycles. The van der Waals surface area contributed by atoms with Gasteiger partial charge in [-0.25, -0.2) is 14.0 Å². The van der Waals surface area contributed by atoms with E-state index in [4.69, 9.17) is 16.3 Å². The standard InChI is InChI=1S/C18H17ClFNO4/c1-2-21(18(24)25-11-12-7-4-3-5-8-12)16(17(22)23)13-9-6-10-14(19)15(13)20/h3-10,16H,2,11H2,1H3,(H,22,23). The molecular formula is C18H17ClFNO4. The summed E-state index contributed by atoms with van der Waals surface area (Å²) in [5, 5.41) is 9.31. The maximum absolute atomic E-state index is 14.2. The first kappa shape index (κ1) is 18.7. The van der Waals surface area contributed by atoms with Crippen molar-refractivity contribution in [3.8, 4) is 0 Å². The first-order valence-electron chi connectivity index (χ1n) is 7.59. The summed E-state index contributed by atoms with van der Waals surface area (Å²) < 4.78 is 19.4. The lowest BCUT2D eigenvalue weighted by molar-refractivity contribution is -0.143. The molecule has 0 radical (unpaired) electrons. The minimum atomic E-state index is -1.54. The Kier molecular flexibility index (Phi) is 6.36. The Bertz CT molecular complexity index is 754. The number of benzene rings is 2. The normalized spacial score (nSPS) is 11.6. The summed E-state index contributed by atoms with van der Waals surface area (Å²) >= 11 is 5.73. The number of halogens is 2. The minimum Gasteiger partial charge on any atom is -0.479 e. The molecular weight excluding hydrogens is 349 g/mol. The lowest BCUT2D eigenvalue weighted by Gasteiger charge is -2.27. The molecule has 5 nitrogen and oxygen atoms in total. The molecule has 0 saturated carbocycles. The van der Waals surface area contributed by atoms with Crippen LogP contribution in [0.25, 0.3) is 0 Å². The first-order chi connectivity index (χ1) is 12.0. The number of nitrogens with zero attached hydrogens (tertiary/aromatic N) is 1. The van der Waals surface area contributed by atoms with Crippen molar-refractivity contribution in [3.63, 3.8) is 0 Å². The first-order valence-corrected chi connectivity index (χ1v) is 7.97. The van der Waals surface area contributed by atoms with Crippen LogP contribution in [-0.4, -0.2) is 28.6 Å². The molecule has 7 heteroatoms. The monoisotopic (exact) mass is 365 g/mol. The molecule has 0 fully saturated rings. The Morgan fingerprint density at radius 3 is 2.48 bits per heavy atom. The summed E-state index contributed by atoms with van der Waals surface area (Å²) in [6.45, 7) is 1.60. The van der Waals surface area contributed by atoms with Crippen molar-refractivity contribution in [2.75, 3.05) is 6.54 Å². The van der Waals surface area contributed by atoms with Crippen molar-refractivity contribution < 1.29 is 23.8 Å². The van der Waals surface area contributed by atoms with E-state index < -0.39 is 23.9 Å². The second-order valence-electron chi connectivity index (χ2n) is 5.21. The number of likely N-dealkylation sites (N-methyl/N-ethyl adjacent to an activating group) is 1. The van der Waals surface area contributed by atoms with Crippen LogP contribution in [-0.2, 0) is 16.1 Å². The lowest BCUT2D eigenvalue weighted by Crippen LogP contribution is -2.39. The van der Waals surface area contributed by atoms with Crippen molar-refractivity contribution >= 4 is 23.7 Å². The molecule has 1 amide bonds. The van der Waals surface area contributed by atoms with Crippen LogP contribution in [0.2, 0.25) is 5.02 Å². The highest BCUT2D eigenvalue weighted by molar-refractivity contribution is 6.30. The number of aliphatic carboxylic acids is 1. The van der Waals surface area contributed by atoms with Crippen LogP contribution in [0.1, 0.15) is 24.1 Å². The van der Waals surface area contributed by atoms with Gasteiger partial charge in [0.25, 0.3) is 0 Å². The number of hydrogen-bond donors (Lipinski definition) is 1. The van der Waals surface area contributed by atoms with E-state index in [1.807, 2.05) is 6.07 Å². The summed E-state index contributed by atoms with van der Waals surface area (Å²) in [5.74, 6) is -2.24. The van der Waals surface area contributed by atoms with Crippen LogP contribution in [0.15, 0.2) is 48.5 Å². The molecule has 25 heavy (non-hydrogen) atoms. The average Bonchev–Trinajstić information content (AvgIpc) is 2.61. The number of ether oxygens (including phenoxy) is 1. The van der Waals surface area contributed by atoms with Gasteiger partial charge < -0.3 is 9.84 Å². The maximum Gasteiger partial charge on any atom is 0.411 e. The highest BCUT2D eigenvalue weighted by Gasteiger charge is 2.33. The van der Waals surface area contributed by atoms with Gasteiger partial charge >= 0.3 is 12.1 Å². The number of carboxylic acid groups (broad SMARTS) is 1. The summed E-state index contributed by atoms with van der Waals surface area (Å²) in [4.78, 5) is 25.0. The smallest absolute Gasteiger partial charge is 0.411 e. The topological polar surface area (TPSA) is 66.8 Å². The Morgan fingerprint density at radius 2 is 1.88 bits per heavy atom. The van der Waals surface area contributed by atoms with E-state index >= 15 is 0 Å². The van der Waals surface area contributed by atoms with E-state index in [1.165, 1.54) is 18.2 Å². The van der Waals surface area contributed by atoms with Gasteiger partial charge in [-0.05, 0) is 18.6 Å². The van der Waals surface area contributed by atoms with Crippen LogP contribution in [0.5, 0.6) is 0 Å². The second-order valence-corrected chi connectivity index (χ2v) is 5.62. The van der Waals surface area contributed by atoms with E-state index in [0.29, 0.717) is 0 Å².